The number of hydrogen-bond donors (Lipinski definition) is 0. The number of rotatable bonds is 2. The molecule has 1 unspecified atom stereocenters. The Balaban J connectivity index is 1.64. The lowest BCUT2D eigenvalue weighted by Crippen LogP contribution is -2.40. The van der Waals surface area contributed by atoms with Gasteiger partial charge >= 0.3 is 0 Å². The van der Waals surface area contributed by atoms with Crippen LogP contribution in [0.1, 0.15) is 34.1 Å². The molecule has 1 amide bonds. The summed E-state index contributed by atoms with van der Waals surface area (Å²) in [7, 11) is 0. The number of carbonyl (C=O) groups excluding carboxylic acids is 1. The summed E-state index contributed by atoms with van der Waals surface area (Å²) in [6.45, 7) is 3.26. The molecule has 1 fully saturated rings. The maximum Gasteiger partial charge on any atom is 0.264 e. The van der Waals surface area contributed by atoms with Crippen molar-refractivity contribution in [1.29, 1.82) is 0 Å². The number of hydrogen-bond acceptors (Lipinski definition) is 3. The highest BCUT2D eigenvalue weighted by Gasteiger charge is 2.28. The summed E-state index contributed by atoms with van der Waals surface area (Å²) in [5, 5.41) is 0.578. The molecule has 0 N–H and O–H groups in total. The zero-order valence-corrected chi connectivity index (χ0v) is 14.2. The fourth-order valence-corrected chi connectivity index (χ4v) is 4.66. The number of imidazole rings is 1. The molecule has 1 aliphatic heterocycles. The van der Waals surface area contributed by atoms with Crippen LogP contribution in [0.3, 0.4) is 0 Å². The molecule has 0 radical (unpaired) electrons. The maximum atomic E-state index is 14.1. The number of thiophene rings is 1. The van der Waals surface area contributed by atoms with Crippen LogP contribution in [0.4, 0.5) is 4.39 Å². The SMILES string of the molecule is Cc1c(C(=O)N2CCCC(n3ccnc3)C2)sc2cccc(F)c12. The third kappa shape index (κ3) is 2.51. The van der Waals surface area contributed by atoms with Gasteiger partial charge in [-0.1, -0.05) is 6.07 Å². The first-order valence-corrected chi connectivity index (χ1v) is 8.91. The molecule has 4 rings (SSSR count). The number of carbonyl (C=O) groups is 1. The smallest absolute Gasteiger partial charge is 0.264 e. The van der Waals surface area contributed by atoms with Gasteiger partial charge in [0.05, 0.1) is 17.2 Å². The van der Waals surface area contributed by atoms with E-state index in [1.54, 1.807) is 18.6 Å². The molecule has 1 aliphatic rings. The van der Waals surface area contributed by atoms with Gasteiger partial charge in [-0.2, -0.15) is 0 Å². The fraction of sp³-hybridized carbons (Fsp3) is 0.333. The van der Waals surface area contributed by atoms with Crippen molar-refractivity contribution in [3.05, 3.63) is 53.2 Å². The van der Waals surface area contributed by atoms with E-state index in [1.165, 1.54) is 17.4 Å². The van der Waals surface area contributed by atoms with Crippen molar-refractivity contribution in [3.63, 3.8) is 0 Å². The van der Waals surface area contributed by atoms with Crippen LogP contribution in [0.15, 0.2) is 36.9 Å². The maximum absolute atomic E-state index is 14.1. The zero-order valence-electron chi connectivity index (χ0n) is 13.4. The van der Waals surface area contributed by atoms with Crippen molar-refractivity contribution in [2.45, 2.75) is 25.8 Å². The number of aryl methyl sites for hydroxylation is 1. The highest BCUT2D eigenvalue weighted by atomic mass is 32.1. The predicted octanol–water partition coefficient (Wildman–Crippen LogP) is 4.02. The van der Waals surface area contributed by atoms with Crippen molar-refractivity contribution in [1.82, 2.24) is 14.5 Å². The van der Waals surface area contributed by atoms with Gasteiger partial charge in [0.1, 0.15) is 5.82 Å². The molecule has 3 heterocycles. The van der Waals surface area contributed by atoms with Crippen molar-refractivity contribution < 1.29 is 9.18 Å². The van der Waals surface area contributed by atoms with Crippen LogP contribution in [0.2, 0.25) is 0 Å². The van der Waals surface area contributed by atoms with E-state index >= 15 is 0 Å². The first kappa shape index (κ1) is 15.3. The third-order valence-corrected chi connectivity index (χ3v) is 5.97. The summed E-state index contributed by atoms with van der Waals surface area (Å²) in [4.78, 5) is 19.7. The van der Waals surface area contributed by atoms with Crippen LogP contribution in [0, 0.1) is 12.7 Å². The van der Waals surface area contributed by atoms with E-state index in [0.717, 1.165) is 29.6 Å². The summed E-state index contributed by atoms with van der Waals surface area (Å²) in [6.07, 6.45) is 7.52. The summed E-state index contributed by atoms with van der Waals surface area (Å²) in [6, 6.07) is 5.28. The minimum atomic E-state index is -0.254. The van der Waals surface area contributed by atoms with Gasteiger partial charge in [0, 0.05) is 35.6 Å². The van der Waals surface area contributed by atoms with Gasteiger partial charge in [-0.05, 0) is 37.5 Å². The molecule has 24 heavy (non-hydrogen) atoms. The summed E-state index contributed by atoms with van der Waals surface area (Å²) in [5.41, 5.74) is 0.753. The third-order valence-electron chi connectivity index (χ3n) is 4.73. The number of aromatic nitrogens is 2. The Kier molecular flexibility index (Phi) is 3.84. The topological polar surface area (TPSA) is 38.1 Å². The lowest BCUT2D eigenvalue weighted by molar-refractivity contribution is 0.0684. The number of halogens is 1. The minimum absolute atomic E-state index is 0.0120. The largest absolute Gasteiger partial charge is 0.336 e. The van der Waals surface area contributed by atoms with Crippen LogP contribution in [0.25, 0.3) is 10.1 Å². The first-order valence-electron chi connectivity index (χ1n) is 8.09. The molecule has 1 saturated heterocycles. The first-order chi connectivity index (χ1) is 11.6. The van der Waals surface area contributed by atoms with Crippen LogP contribution in [-0.4, -0.2) is 33.4 Å². The number of nitrogens with zero attached hydrogens (tertiary/aromatic N) is 3. The van der Waals surface area contributed by atoms with E-state index in [0.29, 0.717) is 16.8 Å². The molecule has 4 nitrogen and oxygen atoms in total. The predicted molar refractivity (Wildman–Crippen MR) is 92.9 cm³/mol. The Morgan fingerprint density at radius 3 is 3.04 bits per heavy atom. The molecule has 6 heteroatoms. The second-order valence-electron chi connectivity index (χ2n) is 6.23. The molecular weight excluding hydrogens is 325 g/mol. The normalized spacial score (nSPS) is 18.2. The van der Waals surface area contributed by atoms with Gasteiger partial charge in [0.25, 0.3) is 5.91 Å². The van der Waals surface area contributed by atoms with Crippen molar-refractivity contribution >= 4 is 27.3 Å². The Labute approximate surface area is 143 Å². The zero-order chi connectivity index (χ0) is 16.7. The van der Waals surface area contributed by atoms with Crippen molar-refractivity contribution in [2.24, 2.45) is 0 Å². The summed E-state index contributed by atoms with van der Waals surface area (Å²) < 4.78 is 17.0. The van der Waals surface area contributed by atoms with Crippen molar-refractivity contribution in [3.8, 4) is 0 Å². The molecule has 3 aromatic rings. The number of likely N-dealkylation sites (tertiary alicyclic amines) is 1. The van der Waals surface area contributed by atoms with E-state index < -0.39 is 0 Å². The van der Waals surface area contributed by atoms with Gasteiger partial charge in [-0.3, -0.25) is 4.79 Å². The van der Waals surface area contributed by atoms with Crippen molar-refractivity contribution in [2.75, 3.05) is 13.1 Å². The van der Waals surface area contributed by atoms with Gasteiger partial charge in [0.2, 0.25) is 0 Å². The van der Waals surface area contributed by atoms with E-state index in [-0.39, 0.29) is 17.8 Å². The molecule has 124 valence electrons. The minimum Gasteiger partial charge on any atom is -0.336 e. The molecule has 0 aliphatic carbocycles. The standard InChI is InChI=1S/C18H18FN3OS/c1-12-16-14(19)5-2-6-15(16)24-17(12)18(23)21-8-3-4-13(10-21)22-9-7-20-11-22/h2,5-7,9,11,13H,3-4,8,10H2,1H3. The Morgan fingerprint density at radius 1 is 1.42 bits per heavy atom. The Hall–Kier alpha value is -2.21. The van der Waals surface area contributed by atoms with Crippen LogP contribution < -0.4 is 0 Å². The average molecular weight is 343 g/mol. The lowest BCUT2D eigenvalue weighted by Gasteiger charge is -2.33. The number of benzene rings is 1. The summed E-state index contributed by atoms with van der Waals surface area (Å²) in [5.74, 6) is -0.242. The molecule has 2 aromatic heterocycles. The molecule has 0 saturated carbocycles. The van der Waals surface area contributed by atoms with Crippen LogP contribution in [0.5, 0.6) is 0 Å². The Bertz CT molecular complexity index is 887. The summed E-state index contributed by atoms with van der Waals surface area (Å²) >= 11 is 1.39. The number of fused-ring (bicyclic) bond motifs is 1. The molecule has 0 spiro atoms. The van der Waals surface area contributed by atoms with E-state index in [4.69, 9.17) is 0 Å². The number of piperidine rings is 1. The Morgan fingerprint density at radius 2 is 2.29 bits per heavy atom. The monoisotopic (exact) mass is 343 g/mol. The lowest BCUT2D eigenvalue weighted by atomic mass is 10.0. The van der Waals surface area contributed by atoms with Gasteiger partial charge in [-0.25, -0.2) is 9.37 Å². The highest BCUT2D eigenvalue weighted by molar-refractivity contribution is 7.21. The molecule has 0 bridgehead atoms. The van der Waals surface area contributed by atoms with Gasteiger partial charge < -0.3 is 9.47 Å². The van der Waals surface area contributed by atoms with Gasteiger partial charge in [0.15, 0.2) is 0 Å². The van der Waals surface area contributed by atoms with E-state index in [1.807, 2.05) is 24.1 Å². The molecular formula is C18H18FN3OS. The van der Waals surface area contributed by atoms with Gasteiger partial charge in [-0.15, -0.1) is 11.3 Å². The molecule has 1 aromatic carbocycles. The second kappa shape index (κ2) is 6.02. The van der Waals surface area contributed by atoms with E-state index in [2.05, 4.69) is 9.55 Å². The fourth-order valence-electron chi connectivity index (χ4n) is 3.47. The average Bonchev–Trinajstić information content (AvgIpc) is 3.23. The quantitative estimate of drug-likeness (QED) is 0.705. The van der Waals surface area contributed by atoms with Crippen LogP contribution in [-0.2, 0) is 0 Å². The molecule has 1 atom stereocenters. The van der Waals surface area contributed by atoms with E-state index in [9.17, 15) is 9.18 Å². The highest BCUT2D eigenvalue weighted by Crippen LogP contribution is 2.34. The number of amides is 1. The van der Waals surface area contributed by atoms with Crippen LogP contribution >= 0.6 is 11.3 Å². The second-order valence-corrected chi connectivity index (χ2v) is 7.28.